The highest BCUT2D eigenvalue weighted by Crippen LogP contribution is 2.28. The Bertz CT molecular complexity index is 262. The van der Waals surface area contributed by atoms with Crippen molar-refractivity contribution in [3.8, 4) is 0 Å². The topological polar surface area (TPSA) is 41.1 Å². The van der Waals surface area contributed by atoms with Crippen LogP contribution in [0.4, 0.5) is 0 Å². The third-order valence-electron chi connectivity index (χ3n) is 4.47. The average molecular weight is 254 g/mol. The van der Waals surface area contributed by atoms with Gasteiger partial charge in [-0.25, -0.2) is 0 Å². The maximum absolute atomic E-state index is 12.0. The fraction of sp³-hybridized carbons (Fsp3) is 0.933. The van der Waals surface area contributed by atoms with Gasteiger partial charge in [-0.05, 0) is 44.1 Å². The summed E-state index contributed by atoms with van der Waals surface area (Å²) >= 11 is 0. The Hall–Kier alpha value is -0.570. The maximum atomic E-state index is 12.0. The molecule has 0 aliphatic heterocycles. The third-order valence-corrected chi connectivity index (χ3v) is 4.47. The second-order valence-electron chi connectivity index (χ2n) is 6.88. The molecule has 1 saturated carbocycles. The Morgan fingerprint density at radius 1 is 1.17 bits per heavy atom. The van der Waals surface area contributed by atoms with Gasteiger partial charge in [0.15, 0.2) is 0 Å². The summed E-state index contributed by atoms with van der Waals surface area (Å²) in [6.45, 7) is 8.76. The van der Waals surface area contributed by atoms with E-state index >= 15 is 0 Å². The molecular weight excluding hydrogens is 224 g/mol. The second-order valence-corrected chi connectivity index (χ2v) is 6.88. The Morgan fingerprint density at radius 3 is 2.11 bits per heavy atom. The maximum Gasteiger partial charge on any atom is 0.220 e. The standard InChI is InChI=1S/C15H30N2O/c1-11(15(2,3)4)10-14(18)17-13-8-6-12(16-5)7-9-13/h11-13,16H,6-10H2,1-5H3,(H,17,18). The van der Waals surface area contributed by atoms with Crippen LogP contribution in [-0.4, -0.2) is 25.0 Å². The van der Waals surface area contributed by atoms with Crippen molar-refractivity contribution in [3.05, 3.63) is 0 Å². The molecule has 0 aromatic heterocycles. The highest BCUT2D eigenvalue weighted by Gasteiger charge is 2.25. The monoisotopic (exact) mass is 254 g/mol. The molecule has 0 bridgehead atoms. The molecule has 1 aliphatic rings. The van der Waals surface area contributed by atoms with Gasteiger partial charge in [0, 0.05) is 18.5 Å². The molecule has 3 heteroatoms. The summed E-state index contributed by atoms with van der Waals surface area (Å²) in [6, 6.07) is 1.04. The largest absolute Gasteiger partial charge is 0.353 e. The van der Waals surface area contributed by atoms with Crippen LogP contribution in [0.5, 0.6) is 0 Å². The molecule has 18 heavy (non-hydrogen) atoms. The minimum Gasteiger partial charge on any atom is -0.353 e. The molecule has 0 saturated heterocycles. The van der Waals surface area contributed by atoms with Crippen molar-refractivity contribution in [3.63, 3.8) is 0 Å². The van der Waals surface area contributed by atoms with Gasteiger partial charge in [0.1, 0.15) is 0 Å². The van der Waals surface area contributed by atoms with Gasteiger partial charge in [-0.15, -0.1) is 0 Å². The number of rotatable bonds is 4. The van der Waals surface area contributed by atoms with Gasteiger partial charge in [-0.2, -0.15) is 0 Å². The third kappa shape index (κ3) is 4.97. The molecule has 0 aromatic rings. The molecule has 3 nitrogen and oxygen atoms in total. The molecule has 2 N–H and O–H groups in total. The molecule has 1 unspecified atom stereocenters. The van der Waals surface area contributed by atoms with Gasteiger partial charge in [0.05, 0.1) is 0 Å². The number of amides is 1. The molecule has 0 heterocycles. The molecule has 0 spiro atoms. The van der Waals surface area contributed by atoms with Gasteiger partial charge in [0.2, 0.25) is 5.91 Å². The van der Waals surface area contributed by atoms with Crippen LogP contribution in [0.2, 0.25) is 0 Å². The Labute approximate surface area is 112 Å². The van der Waals surface area contributed by atoms with Crippen LogP contribution in [-0.2, 0) is 4.79 Å². The molecule has 1 amide bonds. The van der Waals surface area contributed by atoms with E-state index in [1.807, 2.05) is 7.05 Å². The normalized spacial score (nSPS) is 26.7. The minimum absolute atomic E-state index is 0.209. The van der Waals surface area contributed by atoms with Crippen LogP contribution in [0.25, 0.3) is 0 Å². The Balaban J connectivity index is 2.29. The van der Waals surface area contributed by atoms with Crippen molar-refractivity contribution in [2.45, 2.75) is 71.9 Å². The van der Waals surface area contributed by atoms with E-state index < -0.39 is 0 Å². The SMILES string of the molecule is CNC1CCC(NC(=O)CC(C)C(C)(C)C)CC1. The van der Waals surface area contributed by atoms with E-state index in [1.165, 1.54) is 12.8 Å². The first-order valence-corrected chi connectivity index (χ1v) is 7.29. The van der Waals surface area contributed by atoms with E-state index in [2.05, 4.69) is 38.3 Å². The van der Waals surface area contributed by atoms with E-state index in [9.17, 15) is 4.79 Å². The predicted molar refractivity (Wildman–Crippen MR) is 76.5 cm³/mol. The number of carbonyl (C=O) groups is 1. The lowest BCUT2D eigenvalue weighted by molar-refractivity contribution is -0.123. The minimum atomic E-state index is 0.209. The van der Waals surface area contributed by atoms with Gasteiger partial charge in [-0.3, -0.25) is 4.79 Å². The highest BCUT2D eigenvalue weighted by molar-refractivity contribution is 5.76. The summed E-state index contributed by atoms with van der Waals surface area (Å²) in [5.74, 6) is 0.650. The van der Waals surface area contributed by atoms with Gasteiger partial charge in [-0.1, -0.05) is 27.7 Å². The van der Waals surface area contributed by atoms with E-state index in [-0.39, 0.29) is 11.3 Å². The summed E-state index contributed by atoms with van der Waals surface area (Å²) in [5.41, 5.74) is 0.209. The smallest absolute Gasteiger partial charge is 0.220 e. The number of hydrogen-bond acceptors (Lipinski definition) is 2. The van der Waals surface area contributed by atoms with Crippen molar-refractivity contribution in [1.29, 1.82) is 0 Å². The zero-order valence-corrected chi connectivity index (χ0v) is 12.7. The number of hydrogen-bond donors (Lipinski definition) is 2. The first kappa shape index (κ1) is 15.5. The van der Waals surface area contributed by atoms with E-state index in [0.717, 1.165) is 12.8 Å². The Kier molecular flexibility index (Phi) is 5.64. The van der Waals surface area contributed by atoms with Crippen LogP contribution >= 0.6 is 0 Å². The summed E-state index contributed by atoms with van der Waals surface area (Å²) in [7, 11) is 2.02. The number of nitrogens with one attached hydrogen (secondary N) is 2. The van der Waals surface area contributed by atoms with Crippen molar-refractivity contribution in [2.24, 2.45) is 11.3 Å². The molecule has 1 aliphatic carbocycles. The zero-order chi connectivity index (χ0) is 13.8. The van der Waals surface area contributed by atoms with Crippen LogP contribution in [0.3, 0.4) is 0 Å². The predicted octanol–water partition coefficient (Wildman–Crippen LogP) is 2.71. The lowest BCUT2D eigenvalue weighted by Gasteiger charge is -2.30. The molecule has 106 valence electrons. The Morgan fingerprint density at radius 2 is 1.67 bits per heavy atom. The van der Waals surface area contributed by atoms with Crippen molar-refractivity contribution in [2.75, 3.05) is 7.05 Å². The first-order chi connectivity index (χ1) is 8.32. The summed E-state index contributed by atoms with van der Waals surface area (Å²) in [4.78, 5) is 12.0. The van der Waals surface area contributed by atoms with E-state index in [0.29, 0.717) is 24.4 Å². The van der Waals surface area contributed by atoms with E-state index in [4.69, 9.17) is 0 Å². The van der Waals surface area contributed by atoms with Crippen molar-refractivity contribution < 1.29 is 4.79 Å². The quantitative estimate of drug-likeness (QED) is 0.810. The fourth-order valence-electron chi connectivity index (χ4n) is 2.40. The molecule has 1 atom stereocenters. The summed E-state index contributed by atoms with van der Waals surface area (Å²) in [6.07, 6.45) is 5.23. The summed E-state index contributed by atoms with van der Waals surface area (Å²) in [5, 5.41) is 6.52. The van der Waals surface area contributed by atoms with Crippen molar-refractivity contribution in [1.82, 2.24) is 10.6 Å². The highest BCUT2D eigenvalue weighted by atomic mass is 16.1. The van der Waals surface area contributed by atoms with Gasteiger partial charge >= 0.3 is 0 Å². The zero-order valence-electron chi connectivity index (χ0n) is 12.7. The van der Waals surface area contributed by atoms with Gasteiger partial charge < -0.3 is 10.6 Å². The van der Waals surface area contributed by atoms with Gasteiger partial charge in [0.25, 0.3) is 0 Å². The van der Waals surface area contributed by atoms with Crippen LogP contribution in [0.1, 0.15) is 59.8 Å². The molecule has 0 aromatic carbocycles. The van der Waals surface area contributed by atoms with Crippen LogP contribution in [0.15, 0.2) is 0 Å². The molecule has 1 rings (SSSR count). The molecule has 0 radical (unpaired) electrons. The van der Waals surface area contributed by atoms with Crippen LogP contribution < -0.4 is 10.6 Å². The number of carbonyl (C=O) groups excluding carboxylic acids is 1. The van der Waals surface area contributed by atoms with Crippen LogP contribution in [0, 0.1) is 11.3 Å². The molecular formula is C15H30N2O. The molecule has 1 fully saturated rings. The lowest BCUT2D eigenvalue weighted by atomic mass is 9.80. The lowest BCUT2D eigenvalue weighted by Crippen LogP contribution is -2.42. The first-order valence-electron chi connectivity index (χ1n) is 7.29. The van der Waals surface area contributed by atoms with E-state index in [1.54, 1.807) is 0 Å². The fourth-order valence-corrected chi connectivity index (χ4v) is 2.40. The summed E-state index contributed by atoms with van der Waals surface area (Å²) < 4.78 is 0. The second kappa shape index (κ2) is 6.55. The average Bonchev–Trinajstić information content (AvgIpc) is 2.28. The van der Waals surface area contributed by atoms with Crippen molar-refractivity contribution >= 4 is 5.91 Å².